The van der Waals surface area contributed by atoms with Crippen molar-refractivity contribution < 1.29 is 0 Å². The molecule has 3 heteroatoms. The van der Waals surface area contributed by atoms with E-state index in [4.69, 9.17) is 0 Å². The first-order chi connectivity index (χ1) is 7.45. The molecule has 3 heterocycles. The van der Waals surface area contributed by atoms with Crippen molar-refractivity contribution in [2.75, 3.05) is 13.1 Å². The van der Waals surface area contributed by atoms with E-state index < -0.39 is 0 Å². The highest BCUT2D eigenvalue weighted by atomic mass is 15.1. The van der Waals surface area contributed by atoms with Gasteiger partial charge in [-0.3, -0.25) is 0 Å². The number of hydrogen-bond acceptors (Lipinski definition) is 2. The second-order valence-corrected chi connectivity index (χ2v) is 4.76. The Kier molecular flexibility index (Phi) is 2.49. The summed E-state index contributed by atoms with van der Waals surface area (Å²) in [5, 5.41) is 3.48. The van der Waals surface area contributed by atoms with Crippen LogP contribution in [0.2, 0.25) is 0 Å². The third-order valence-electron chi connectivity index (χ3n) is 3.70. The Morgan fingerprint density at radius 3 is 3.20 bits per heavy atom. The van der Waals surface area contributed by atoms with Crippen LogP contribution in [0.25, 0.3) is 0 Å². The van der Waals surface area contributed by atoms with Crippen LogP contribution in [-0.4, -0.2) is 22.6 Å². The lowest BCUT2D eigenvalue weighted by Crippen LogP contribution is -2.30. The average Bonchev–Trinajstić information content (AvgIpc) is 2.74. The van der Waals surface area contributed by atoms with Gasteiger partial charge in [-0.05, 0) is 38.6 Å². The molecule has 82 valence electrons. The molecule has 2 aliphatic heterocycles. The Balaban J connectivity index is 1.87. The van der Waals surface area contributed by atoms with Crippen LogP contribution in [0.4, 0.5) is 0 Å². The minimum absolute atomic E-state index is 0.658. The van der Waals surface area contributed by atoms with Crippen molar-refractivity contribution in [3.05, 3.63) is 17.7 Å². The van der Waals surface area contributed by atoms with E-state index in [0.29, 0.717) is 5.92 Å². The molecule has 1 saturated heterocycles. The van der Waals surface area contributed by atoms with Crippen LogP contribution in [0.15, 0.2) is 6.20 Å². The highest BCUT2D eigenvalue weighted by molar-refractivity contribution is 5.12. The van der Waals surface area contributed by atoms with Crippen molar-refractivity contribution in [1.29, 1.82) is 0 Å². The van der Waals surface area contributed by atoms with E-state index in [9.17, 15) is 0 Å². The molecule has 3 nitrogen and oxygen atoms in total. The van der Waals surface area contributed by atoms with Gasteiger partial charge >= 0.3 is 0 Å². The number of nitrogens with zero attached hydrogens (tertiary/aromatic N) is 2. The molecule has 0 spiro atoms. The van der Waals surface area contributed by atoms with Crippen LogP contribution >= 0.6 is 0 Å². The zero-order valence-electron chi connectivity index (χ0n) is 9.21. The van der Waals surface area contributed by atoms with E-state index in [0.717, 1.165) is 6.54 Å². The van der Waals surface area contributed by atoms with E-state index in [1.54, 1.807) is 0 Å². The maximum Gasteiger partial charge on any atom is 0.113 e. The van der Waals surface area contributed by atoms with Crippen LogP contribution in [0.5, 0.6) is 0 Å². The molecule has 0 radical (unpaired) electrons. The fourth-order valence-corrected chi connectivity index (χ4v) is 2.86. The van der Waals surface area contributed by atoms with E-state index in [-0.39, 0.29) is 0 Å². The average molecular weight is 205 g/mol. The molecule has 1 aromatic rings. The maximum absolute atomic E-state index is 4.64. The molecule has 0 aliphatic carbocycles. The first-order valence-electron chi connectivity index (χ1n) is 6.20. The molecule has 0 bridgehead atoms. The number of nitrogens with one attached hydrogen (secondary N) is 1. The topological polar surface area (TPSA) is 29.9 Å². The Morgan fingerprint density at radius 1 is 1.33 bits per heavy atom. The van der Waals surface area contributed by atoms with Crippen molar-refractivity contribution >= 4 is 0 Å². The lowest BCUT2D eigenvalue weighted by atomic mass is 9.98. The Hall–Kier alpha value is -0.830. The van der Waals surface area contributed by atoms with Crippen molar-refractivity contribution in [2.45, 2.75) is 44.6 Å². The van der Waals surface area contributed by atoms with E-state index in [1.165, 1.54) is 56.7 Å². The number of aryl methyl sites for hydroxylation is 1. The molecule has 1 atom stereocenters. The Labute approximate surface area is 90.9 Å². The summed E-state index contributed by atoms with van der Waals surface area (Å²) in [4.78, 5) is 4.64. The number of fused-ring (bicyclic) bond motifs is 1. The summed E-state index contributed by atoms with van der Waals surface area (Å²) in [7, 11) is 0. The molecule has 15 heavy (non-hydrogen) atoms. The normalized spacial score (nSPS) is 26.3. The number of piperidine rings is 1. The minimum atomic E-state index is 0.658. The summed E-state index contributed by atoms with van der Waals surface area (Å²) in [6.45, 7) is 3.50. The van der Waals surface area contributed by atoms with Crippen LogP contribution in [-0.2, 0) is 13.0 Å². The van der Waals surface area contributed by atoms with Gasteiger partial charge in [-0.25, -0.2) is 4.98 Å². The third kappa shape index (κ3) is 1.69. The Morgan fingerprint density at radius 2 is 2.33 bits per heavy atom. The zero-order chi connectivity index (χ0) is 10.1. The van der Waals surface area contributed by atoms with Crippen LogP contribution in [0, 0.1) is 0 Å². The number of imidazole rings is 1. The quantitative estimate of drug-likeness (QED) is 0.756. The monoisotopic (exact) mass is 205 g/mol. The van der Waals surface area contributed by atoms with E-state index in [2.05, 4.69) is 21.1 Å². The number of hydrogen-bond donors (Lipinski definition) is 1. The Bertz CT molecular complexity index is 337. The minimum Gasteiger partial charge on any atom is -0.332 e. The van der Waals surface area contributed by atoms with Gasteiger partial charge in [-0.1, -0.05) is 0 Å². The third-order valence-corrected chi connectivity index (χ3v) is 3.70. The van der Waals surface area contributed by atoms with Gasteiger partial charge in [0, 0.05) is 30.9 Å². The SMILES string of the molecule is c1nc(C2CCCNC2)n2c1CCCC2. The summed E-state index contributed by atoms with van der Waals surface area (Å²) in [6.07, 6.45) is 8.61. The second-order valence-electron chi connectivity index (χ2n) is 4.76. The molecular weight excluding hydrogens is 186 g/mol. The van der Waals surface area contributed by atoms with Gasteiger partial charge in [-0.2, -0.15) is 0 Å². The van der Waals surface area contributed by atoms with Crippen LogP contribution in [0.1, 0.15) is 43.1 Å². The molecular formula is C12H19N3. The summed E-state index contributed by atoms with van der Waals surface area (Å²) in [6, 6.07) is 0. The van der Waals surface area contributed by atoms with Gasteiger partial charge in [0.25, 0.3) is 0 Å². The van der Waals surface area contributed by atoms with Crippen molar-refractivity contribution in [3.8, 4) is 0 Å². The molecule has 2 aliphatic rings. The van der Waals surface area contributed by atoms with Crippen molar-refractivity contribution in [1.82, 2.24) is 14.9 Å². The van der Waals surface area contributed by atoms with Gasteiger partial charge in [-0.15, -0.1) is 0 Å². The lowest BCUT2D eigenvalue weighted by molar-refractivity contribution is 0.417. The lowest BCUT2D eigenvalue weighted by Gasteiger charge is -2.25. The van der Waals surface area contributed by atoms with Crippen LogP contribution in [0.3, 0.4) is 0 Å². The molecule has 1 unspecified atom stereocenters. The fraction of sp³-hybridized carbons (Fsp3) is 0.750. The number of rotatable bonds is 1. The first kappa shape index (κ1) is 9.40. The van der Waals surface area contributed by atoms with Gasteiger partial charge in [0.05, 0.1) is 0 Å². The van der Waals surface area contributed by atoms with E-state index >= 15 is 0 Å². The van der Waals surface area contributed by atoms with Crippen LogP contribution < -0.4 is 5.32 Å². The van der Waals surface area contributed by atoms with Gasteiger partial charge in [0.1, 0.15) is 5.82 Å². The zero-order valence-corrected chi connectivity index (χ0v) is 9.21. The maximum atomic E-state index is 4.64. The molecule has 0 amide bonds. The smallest absolute Gasteiger partial charge is 0.113 e. The molecule has 0 saturated carbocycles. The standard InChI is InChI=1S/C12H19N3/c1-2-7-15-11(5-1)9-14-12(15)10-4-3-6-13-8-10/h9-10,13H,1-8H2. The summed E-state index contributed by atoms with van der Waals surface area (Å²) in [5.41, 5.74) is 1.46. The van der Waals surface area contributed by atoms with Gasteiger partial charge in [0.2, 0.25) is 0 Å². The highest BCUT2D eigenvalue weighted by Crippen LogP contribution is 2.26. The number of aromatic nitrogens is 2. The molecule has 3 rings (SSSR count). The predicted molar refractivity (Wildman–Crippen MR) is 60.0 cm³/mol. The second kappa shape index (κ2) is 3.97. The first-order valence-corrected chi connectivity index (χ1v) is 6.20. The predicted octanol–water partition coefficient (Wildman–Crippen LogP) is 1.69. The molecule has 1 aromatic heterocycles. The largest absolute Gasteiger partial charge is 0.332 e. The summed E-state index contributed by atoms with van der Waals surface area (Å²) in [5.74, 6) is 2.00. The fourth-order valence-electron chi connectivity index (χ4n) is 2.86. The van der Waals surface area contributed by atoms with Crippen molar-refractivity contribution in [2.24, 2.45) is 0 Å². The van der Waals surface area contributed by atoms with Gasteiger partial charge < -0.3 is 9.88 Å². The molecule has 1 fully saturated rings. The van der Waals surface area contributed by atoms with E-state index in [1.807, 2.05) is 0 Å². The summed E-state index contributed by atoms with van der Waals surface area (Å²) < 4.78 is 2.47. The molecule has 1 N–H and O–H groups in total. The molecule has 0 aromatic carbocycles. The summed E-state index contributed by atoms with van der Waals surface area (Å²) >= 11 is 0. The van der Waals surface area contributed by atoms with Gasteiger partial charge in [0.15, 0.2) is 0 Å². The van der Waals surface area contributed by atoms with Crippen molar-refractivity contribution in [3.63, 3.8) is 0 Å². The highest BCUT2D eigenvalue weighted by Gasteiger charge is 2.22.